The summed E-state index contributed by atoms with van der Waals surface area (Å²) in [5, 5.41) is 0. The molecule has 0 fully saturated rings. The second-order valence-corrected chi connectivity index (χ2v) is 7.95. The molecule has 0 bridgehead atoms. The number of aromatic nitrogens is 1. The summed E-state index contributed by atoms with van der Waals surface area (Å²) in [5.74, 6) is 0.371. The molecule has 1 heterocycles. The maximum absolute atomic E-state index is 12.4. The minimum absolute atomic E-state index is 0.0709. The van der Waals surface area contributed by atoms with Crippen LogP contribution in [0, 0.1) is 6.92 Å². The van der Waals surface area contributed by atoms with Crippen LogP contribution in [0.4, 0.5) is 0 Å². The molecule has 8 heteroatoms. The van der Waals surface area contributed by atoms with Gasteiger partial charge in [-0.3, -0.25) is 0 Å². The average molecular weight is 370 g/mol. The van der Waals surface area contributed by atoms with Crippen molar-refractivity contribution in [3.63, 3.8) is 0 Å². The van der Waals surface area contributed by atoms with Crippen molar-refractivity contribution in [1.29, 1.82) is 0 Å². The van der Waals surface area contributed by atoms with E-state index < -0.39 is 10.1 Å². The van der Waals surface area contributed by atoms with Gasteiger partial charge in [-0.15, -0.1) is 11.3 Å². The first-order valence-electron chi connectivity index (χ1n) is 6.54. The molecule has 0 unspecified atom stereocenters. The predicted molar refractivity (Wildman–Crippen MR) is 90.2 cm³/mol. The first kappa shape index (κ1) is 16.0. The molecule has 23 heavy (non-hydrogen) atoms. The van der Waals surface area contributed by atoms with Gasteiger partial charge < -0.3 is 8.92 Å². The van der Waals surface area contributed by atoms with Crippen molar-refractivity contribution in [2.45, 2.75) is 11.8 Å². The van der Waals surface area contributed by atoms with E-state index in [2.05, 4.69) is 4.98 Å². The van der Waals surface area contributed by atoms with E-state index in [0.717, 1.165) is 10.3 Å². The molecule has 0 aliphatic heterocycles. The Labute approximate surface area is 142 Å². The van der Waals surface area contributed by atoms with E-state index in [0.29, 0.717) is 15.7 Å². The standard InChI is InChI=1S/C15H12ClNO4S2/c1-9-3-5-10(6-4-9)23(18,19)21-13-7-11-14(8-12(13)20-2)22-15(16)17-11/h3-8H,1-2H3. The third kappa shape index (κ3) is 3.26. The lowest BCUT2D eigenvalue weighted by Crippen LogP contribution is -2.10. The zero-order valence-electron chi connectivity index (χ0n) is 12.2. The topological polar surface area (TPSA) is 65.5 Å². The molecule has 0 N–H and O–H groups in total. The Bertz CT molecular complexity index is 965. The Hall–Kier alpha value is -1.83. The fourth-order valence-corrected chi connectivity index (χ4v) is 3.98. The summed E-state index contributed by atoms with van der Waals surface area (Å²) < 4.78 is 36.4. The quantitative estimate of drug-likeness (QED) is 0.649. The third-order valence-electron chi connectivity index (χ3n) is 3.16. The molecule has 1 aromatic heterocycles. The maximum atomic E-state index is 12.4. The second-order valence-electron chi connectivity index (χ2n) is 4.79. The number of aryl methyl sites for hydroxylation is 1. The van der Waals surface area contributed by atoms with Crippen LogP contribution in [0.1, 0.15) is 5.56 Å². The largest absolute Gasteiger partial charge is 0.493 e. The highest BCUT2D eigenvalue weighted by molar-refractivity contribution is 7.87. The molecule has 0 saturated carbocycles. The molecule has 0 aliphatic rings. The van der Waals surface area contributed by atoms with Crippen LogP contribution in [0.2, 0.25) is 4.47 Å². The lowest BCUT2D eigenvalue weighted by atomic mass is 10.2. The van der Waals surface area contributed by atoms with E-state index in [1.54, 1.807) is 18.2 Å². The number of methoxy groups -OCH3 is 1. The fraction of sp³-hybridized carbons (Fsp3) is 0.133. The number of fused-ring (bicyclic) bond motifs is 1. The van der Waals surface area contributed by atoms with Crippen LogP contribution in [-0.4, -0.2) is 20.5 Å². The highest BCUT2D eigenvalue weighted by atomic mass is 35.5. The zero-order chi connectivity index (χ0) is 16.6. The zero-order valence-corrected chi connectivity index (χ0v) is 14.6. The Balaban J connectivity index is 2.04. The summed E-state index contributed by atoms with van der Waals surface area (Å²) in [4.78, 5) is 4.19. The summed E-state index contributed by atoms with van der Waals surface area (Å²) >= 11 is 7.16. The summed E-state index contributed by atoms with van der Waals surface area (Å²) in [6.07, 6.45) is 0. The second kappa shape index (κ2) is 5.99. The minimum Gasteiger partial charge on any atom is -0.493 e. The molecule has 0 saturated heterocycles. The number of nitrogens with zero attached hydrogens (tertiary/aromatic N) is 1. The Kier molecular flexibility index (Phi) is 4.18. The molecule has 3 rings (SSSR count). The van der Waals surface area contributed by atoms with Gasteiger partial charge in [0.05, 0.1) is 17.3 Å². The molecule has 0 radical (unpaired) electrons. The summed E-state index contributed by atoms with van der Waals surface area (Å²) in [5.41, 5.74) is 1.51. The molecule has 0 spiro atoms. The SMILES string of the molecule is COc1cc2sc(Cl)nc2cc1OS(=O)(=O)c1ccc(C)cc1. The molecule has 0 aliphatic carbocycles. The molecule has 5 nitrogen and oxygen atoms in total. The van der Waals surface area contributed by atoms with Gasteiger partial charge in [-0.2, -0.15) is 8.42 Å². The Morgan fingerprint density at radius 2 is 1.83 bits per heavy atom. The van der Waals surface area contributed by atoms with E-state index in [1.807, 2.05) is 6.92 Å². The average Bonchev–Trinajstić information content (AvgIpc) is 2.85. The number of ether oxygens (including phenoxy) is 1. The van der Waals surface area contributed by atoms with Crippen molar-refractivity contribution < 1.29 is 17.3 Å². The minimum atomic E-state index is -3.96. The van der Waals surface area contributed by atoms with E-state index in [9.17, 15) is 8.42 Å². The smallest absolute Gasteiger partial charge is 0.339 e. The van der Waals surface area contributed by atoms with Crippen LogP contribution in [0.5, 0.6) is 11.5 Å². The molecule has 0 amide bonds. The molecular formula is C15H12ClNO4S2. The highest BCUT2D eigenvalue weighted by Gasteiger charge is 2.20. The van der Waals surface area contributed by atoms with Crippen LogP contribution in [0.15, 0.2) is 41.3 Å². The number of hydrogen-bond acceptors (Lipinski definition) is 6. The molecular weight excluding hydrogens is 358 g/mol. The van der Waals surface area contributed by atoms with Crippen molar-refractivity contribution >= 4 is 43.3 Å². The molecule has 3 aromatic rings. The lowest BCUT2D eigenvalue weighted by Gasteiger charge is -2.11. The van der Waals surface area contributed by atoms with Gasteiger partial charge in [0, 0.05) is 12.1 Å². The van der Waals surface area contributed by atoms with Gasteiger partial charge in [0.2, 0.25) is 0 Å². The van der Waals surface area contributed by atoms with E-state index in [4.69, 9.17) is 20.5 Å². The van der Waals surface area contributed by atoms with Crippen LogP contribution >= 0.6 is 22.9 Å². The maximum Gasteiger partial charge on any atom is 0.339 e. The van der Waals surface area contributed by atoms with E-state index in [1.165, 1.54) is 36.6 Å². The fourth-order valence-electron chi connectivity index (χ4n) is 2.00. The normalized spacial score (nSPS) is 11.6. The Morgan fingerprint density at radius 1 is 1.13 bits per heavy atom. The highest BCUT2D eigenvalue weighted by Crippen LogP contribution is 2.37. The van der Waals surface area contributed by atoms with Crippen LogP contribution < -0.4 is 8.92 Å². The molecule has 0 atom stereocenters. The van der Waals surface area contributed by atoms with Gasteiger partial charge in [0.15, 0.2) is 16.0 Å². The van der Waals surface area contributed by atoms with E-state index in [-0.39, 0.29) is 10.6 Å². The monoisotopic (exact) mass is 369 g/mol. The molecule has 120 valence electrons. The van der Waals surface area contributed by atoms with Crippen LogP contribution in [0.3, 0.4) is 0 Å². The van der Waals surface area contributed by atoms with Crippen LogP contribution in [-0.2, 0) is 10.1 Å². The van der Waals surface area contributed by atoms with Gasteiger partial charge in [-0.1, -0.05) is 29.3 Å². The summed E-state index contributed by atoms with van der Waals surface area (Å²) in [6.45, 7) is 1.88. The van der Waals surface area contributed by atoms with E-state index >= 15 is 0 Å². The van der Waals surface area contributed by atoms with Crippen molar-refractivity contribution in [1.82, 2.24) is 4.98 Å². The first-order chi connectivity index (χ1) is 10.9. The number of hydrogen-bond donors (Lipinski definition) is 0. The van der Waals surface area contributed by atoms with Gasteiger partial charge in [0.25, 0.3) is 0 Å². The van der Waals surface area contributed by atoms with Gasteiger partial charge in [-0.25, -0.2) is 4.98 Å². The lowest BCUT2D eigenvalue weighted by molar-refractivity contribution is 0.391. The van der Waals surface area contributed by atoms with Gasteiger partial charge in [0.1, 0.15) is 4.90 Å². The predicted octanol–water partition coefficient (Wildman–Crippen LogP) is 4.03. The number of thiazole rings is 1. The van der Waals surface area contributed by atoms with Crippen molar-refractivity contribution in [3.05, 3.63) is 46.4 Å². The van der Waals surface area contributed by atoms with Gasteiger partial charge >= 0.3 is 10.1 Å². The van der Waals surface area contributed by atoms with Crippen molar-refractivity contribution in [2.75, 3.05) is 7.11 Å². The third-order valence-corrected chi connectivity index (χ3v) is 5.53. The number of halogens is 1. The molecule has 2 aromatic carbocycles. The first-order valence-corrected chi connectivity index (χ1v) is 9.14. The number of benzene rings is 2. The van der Waals surface area contributed by atoms with Gasteiger partial charge in [-0.05, 0) is 19.1 Å². The number of rotatable bonds is 4. The summed E-state index contributed by atoms with van der Waals surface area (Å²) in [7, 11) is -2.52. The van der Waals surface area contributed by atoms with Crippen molar-refractivity contribution in [2.24, 2.45) is 0 Å². The summed E-state index contributed by atoms with van der Waals surface area (Å²) in [6, 6.07) is 9.56. The van der Waals surface area contributed by atoms with Crippen LogP contribution in [0.25, 0.3) is 10.2 Å². The van der Waals surface area contributed by atoms with Crippen molar-refractivity contribution in [3.8, 4) is 11.5 Å². The Morgan fingerprint density at radius 3 is 2.48 bits per heavy atom.